The van der Waals surface area contributed by atoms with Crippen molar-refractivity contribution >= 4 is 38.7 Å². The zero-order chi connectivity index (χ0) is 19.6. The molecule has 1 aromatic heterocycles. The van der Waals surface area contributed by atoms with Gasteiger partial charge in [0.1, 0.15) is 0 Å². The highest BCUT2D eigenvalue weighted by atomic mass is 32.2. The Hall–Kier alpha value is -2.19. The van der Waals surface area contributed by atoms with Gasteiger partial charge in [0, 0.05) is 15.9 Å². The SMILES string of the molecule is C/C(=N/NC(=O)c1csc2c1CC[C@H](C)C2)c1ccc(NS(C)(=O)=O)cc1. The molecule has 8 heteroatoms. The lowest BCUT2D eigenvalue weighted by atomic mass is 9.88. The molecular formula is C19H23N3O3S2. The Labute approximate surface area is 163 Å². The van der Waals surface area contributed by atoms with E-state index in [2.05, 4.69) is 22.2 Å². The van der Waals surface area contributed by atoms with Gasteiger partial charge in [-0.05, 0) is 55.4 Å². The second-order valence-corrected chi connectivity index (χ2v) is 9.70. The molecule has 1 amide bonds. The number of carbonyl (C=O) groups is 1. The number of nitrogens with zero attached hydrogens (tertiary/aromatic N) is 1. The summed E-state index contributed by atoms with van der Waals surface area (Å²) in [4.78, 5) is 13.8. The first-order valence-corrected chi connectivity index (χ1v) is 11.5. The standard InChI is InChI=1S/C19H23N3O3S2/c1-12-4-9-16-17(11-26-18(16)10-12)19(23)21-20-13(2)14-5-7-15(8-6-14)22-27(3,24)25/h5-8,11-12,22H,4,9-10H2,1-3H3,(H,21,23)/b20-13-/t12-/m0/s1. The lowest BCUT2D eigenvalue weighted by Gasteiger charge is -2.18. The summed E-state index contributed by atoms with van der Waals surface area (Å²) in [5, 5.41) is 6.13. The second kappa shape index (κ2) is 7.82. The summed E-state index contributed by atoms with van der Waals surface area (Å²) >= 11 is 1.66. The van der Waals surface area contributed by atoms with Gasteiger partial charge in [0.25, 0.3) is 5.91 Å². The predicted octanol–water partition coefficient (Wildman–Crippen LogP) is 3.40. The van der Waals surface area contributed by atoms with E-state index in [0.717, 1.165) is 36.6 Å². The molecule has 1 atom stereocenters. The van der Waals surface area contributed by atoms with E-state index in [1.807, 2.05) is 5.38 Å². The van der Waals surface area contributed by atoms with Crippen molar-refractivity contribution in [2.24, 2.45) is 11.0 Å². The van der Waals surface area contributed by atoms with Gasteiger partial charge in [-0.25, -0.2) is 13.8 Å². The largest absolute Gasteiger partial charge is 0.284 e. The maximum atomic E-state index is 12.5. The quantitative estimate of drug-likeness (QED) is 0.590. The van der Waals surface area contributed by atoms with E-state index in [4.69, 9.17) is 0 Å². The molecule has 6 nitrogen and oxygen atoms in total. The van der Waals surface area contributed by atoms with Crippen LogP contribution in [-0.4, -0.2) is 26.3 Å². The van der Waals surface area contributed by atoms with Crippen molar-refractivity contribution in [3.8, 4) is 0 Å². The molecule has 0 fully saturated rings. The number of hydrazone groups is 1. The first kappa shape index (κ1) is 19.6. The first-order chi connectivity index (χ1) is 12.7. The summed E-state index contributed by atoms with van der Waals surface area (Å²) in [5.41, 5.74) is 6.47. The summed E-state index contributed by atoms with van der Waals surface area (Å²) in [6.07, 6.45) is 4.21. The fourth-order valence-electron chi connectivity index (χ4n) is 3.12. The third-order valence-corrected chi connectivity index (χ3v) is 6.24. The highest BCUT2D eigenvalue weighted by molar-refractivity contribution is 7.92. The fourth-order valence-corrected chi connectivity index (χ4v) is 4.93. The van der Waals surface area contributed by atoms with Crippen LogP contribution in [0.4, 0.5) is 5.69 Å². The van der Waals surface area contributed by atoms with Crippen LogP contribution in [0.5, 0.6) is 0 Å². The number of thiophene rings is 1. The van der Waals surface area contributed by atoms with Crippen molar-refractivity contribution in [3.05, 3.63) is 51.2 Å². The van der Waals surface area contributed by atoms with E-state index in [9.17, 15) is 13.2 Å². The molecule has 1 aliphatic rings. The Morgan fingerprint density at radius 1 is 1.26 bits per heavy atom. The number of benzene rings is 1. The Balaban J connectivity index is 1.68. The van der Waals surface area contributed by atoms with Crippen molar-refractivity contribution in [2.45, 2.75) is 33.1 Å². The number of amides is 1. The van der Waals surface area contributed by atoms with Crippen LogP contribution in [0.1, 0.15) is 46.6 Å². The monoisotopic (exact) mass is 405 g/mol. The minimum atomic E-state index is -3.30. The van der Waals surface area contributed by atoms with Crippen LogP contribution in [0.15, 0.2) is 34.7 Å². The molecule has 0 saturated heterocycles. The number of hydrogen-bond donors (Lipinski definition) is 2. The molecule has 0 radical (unpaired) electrons. The van der Waals surface area contributed by atoms with Gasteiger partial charge in [0.2, 0.25) is 10.0 Å². The van der Waals surface area contributed by atoms with E-state index < -0.39 is 10.0 Å². The van der Waals surface area contributed by atoms with Crippen LogP contribution < -0.4 is 10.1 Å². The molecule has 144 valence electrons. The Morgan fingerprint density at radius 2 is 1.96 bits per heavy atom. The first-order valence-electron chi connectivity index (χ1n) is 8.75. The fraction of sp³-hybridized carbons (Fsp3) is 0.368. The van der Waals surface area contributed by atoms with Gasteiger partial charge in [0.05, 0.1) is 17.5 Å². The molecule has 0 aliphatic heterocycles. The molecule has 3 rings (SSSR count). The lowest BCUT2D eigenvalue weighted by Crippen LogP contribution is -2.21. The summed E-state index contributed by atoms with van der Waals surface area (Å²) < 4.78 is 24.9. The zero-order valence-electron chi connectivity index (χ0n) is 15.6. The van der Waals surface area contributed by atoms with E-state index in [0.29, 0.717) is 17.3 Å². The topological polar surface area (TPSA) is 87.6 Å². The van der Waals surface area contributed by atoms with Crippen molar-refractivity contribution in [3.63, 3.8) is 0 Å². The minimum Gasteiger partial charge on any atom is -0.284 e. The third-order valence-electron chi connectivity index (χ3n) is 4.58. The highest BCUT2D eigenvalue weighted by Crippen LogP contribution is 2.32. The second-order valence-electron chi connectivity index (χ2n) is 6.99. The summed E-state index contributed by atoms with van der Waals surface area (Å²) in [7, 11) is -3.30. The van der Waals surface area contributed by atoms with Gasteiger partial charge in [-0.1, -0.05) is 19.1 Å². The number of carbonyl (C=O) groups excluding carboxylic acids is 1. The van der Waals surface area contributed by atoms with Crippen molar-refractivity contribution in [1.29, 1.82) is 0 Å². The van der Waals surface area contributed by atoms with Crippen molar-refractivity contribution in [2.75, 3.05) is 11.0 Å². The third kappa shape index (κ3) is 4.95. The highest BCUT2D eigenvalue weighted by Gasteiger charge is 2.23. The minimum absolute atomic E-state index is 0.184. The molecule has 2 N–H and O–H groups in total. The summed E-state index contributed by atoms with van der Waals surface area (Å²) in [6.45, 7) is 4.04. The average Bonchev–Trinajstić information content (AvgIpc) is 3.01. The van der Waals surface area contributed by atoms with Gasteiger partial charge in [-0.3, -0.25) is 9.52 Å². The molecule has 0 saturated carbocycles. The average molecular weight is 406 g/mol. The molecule has 0 spiro atoms. The maximum Gasteiger partial charge on any atom is 0.272 e. The van der Waals surface area contributed by atoms with Gasteiger partial charge < -0.3 is 0 Å². The van der Waals surface area contributed by atoms with E-state index in [1.54, 1.807) is 42.5 Å². The number of fused-ring (bicyclic) bond motifs is 1. The zero-order valence-corrected chi connectivity index (χ0v) is 17.2. The smallest absolute Gasteiger partial charge is 0.272 e. The van der Waals surface area contributed by atoms with Gasteiger partial charge >= 0.3 is 0 Å². The van der Waals surface area contributed by atoms with Crippen LogP contribution in [0.2, 0.25) is 0 Å². The van der Waals surface area contributed by atoms with E-state index >= 15 is 0 Å². The maximum absolute atomic E-state index is 12.5. The van der Waals surface area contributed by atoms with Crippen molar-refractivity contribution < 1.29 is 13.2 Å². The lowest BCUT2D eigenvalue weighted by molar-refractivity contribution is 0.0954. The van der Waals surface area contributed by atoms with Crippen LogP contribution in [0, 0.1) is 5.92 Å². The van der Waals surface area contributed by atoms with E-state index in [1.165, 1.54) is 10.4 Å². The summed E-state index contributed by atoms with van der Waals surface area (Å²) in [6, 6.07) is 6.83. The van der Waals surface area contributed by atoms with Gasteiger partial charge in [0.15, 0.2) is 0 Å². The molecule has 2 aromatic rings. The van der Waals surface area contributed by atoms with Crippen LogP contribution in [-0.2, 0) is 22.9 Å². The summed E-state index contributed by atoms with van der Waals surface area (Å²) in [5.74, 6) is 0.490. The van der Waals surface area contributed by atoms with Crippen molar-refractivity contribution in [1.82, 2.24) is 5.43 Å². The molecule has 1 aliphatic carbocycles. The Morgan fingerprint density at radius 3 is 2.63 bits per heavy atom. The molecule has 1 heterocycles. The molecule has 0 bridgehead atoms. The molecule has 27 heavy (non-hydrogen) atoms. The van der Waals surface area contributed by atoms with Crippen LogP contribution in [0.25, 0.3) is 0 Å². The van der Waals surface area contributed by atoms with E-state index in [-0.39, 0.29) is 5.91 Å². The normalized spacial score (nSPS) is 17.3. The Kier molecular flexibility index (Phi) is 5.67. The number of nitrogens with one attached hydrogen (secondary N) is 2. The predicted molar refractivity (Wildman–Crippen MR) is 110 cm³/mol. The number of rotatable bonds is 5. The number of hydrogen-bond acceptors (Lipinski definition) is 5. The molecular weight excluding hydrogens is 382 g/mol. The molecule has 0 unspecified atom stereocenters. The Bertz CT molecular complexity index is 976. The van der Waals surface area contributed by atoms with Crippen LogP contribution >= 0.6 is 11.3 Å². The molecule has 1 aromatic carbocycles. The number of anilines is 1. The van der Waals surface area contributed by atoms with Gasteiger partial charge in [-0.15, -0.1) is 11.3 Å². The number of sulfonamides is 1. The van der Waals surface area contributed by atoms with Crippen LogP contribution in [0.3, 0.4) is 0 Å². The van der Waals surface area contributed by atoms with Gasteiger partial charge in [-0.2, -0.15) is 5.10 Å².